The van der Waals surface area contributed by atoms with Gasteiger partial charge in [-0.05, 0) is 24.3 Å². The number of carbonyl (C=O) groups is 2. The molecule has 3 atom stereocenters. The van der Waals surface area contributed by atoms with Crippen LogP contribution in [0.1, 0.15) is 17.4 Å². The number of urea groups is 1. The highest BCUT2D eigenvalue weighted by Crippen LogP contribution is 2.44. The van der Waals surface area contributed by atoms with Gasteiger partial charge in [-0.2, -0.15) is 13.2 Å². The lowest BCUT2D eigenvalue weighted by Gasteiger charge is -2.44. The average molecular weight is 465 g/mol. The van der Waals surface area contributed by atoms with Crippen LogP contribution < -0.4 is 10.6 Å². The first-order valence-corrected chi connectivity index (χ1v) is 9.81. The van der Waals surface area contributed by atoms with Gasteiger partial charge in [-0.25, -0.2) is 4.79 Å². The van der Waals surface area contributed by atoms with E-state index in [9.17, 15) is 27.9 Å². The summed E-state index contributed by atoms with van der Waals surface area (Å²) in [5, 5.41) is 16.0. The molecule has 0 aliphatic carbocycles. The van der Waals surface area contributed by atoms with E-state index in [2.05, 4.69) is 10.6 Å². The van der Waals surface area contributed by atoms with E-state index in [1.807, 2.05) is 0 Å². The van der Waals surface area contributed by atoms with Crippen molar-refractivity contribution in [1.82, 2.24) is 10.6 Å². The Balaban J connectivity index is 1.84. The van der Waals surface area contributed by atoms with Crippen molar-refractivity contribution < 1.29 is 32.3 Å². The summed E-state index contributed by atoms with van der Waals surface area (Å²) in [6.45, 7) is 0. The number of ketones is 1. The zero-order chi connectivity index (χ0) is 23.1. The fourth-order valence-electron chi connectivity index (χ4n) is 3.78. The van der Waals surface area contributed by atoms with Crippen LogP contribution in [0.3, 0.4) is 0 Å². The van der Waals surface area contributed by atoms with Gasteiger partial charge < -0.3 is 20.2 Å². The van der Waals surface area contributed by atoms with Gasteiger partial charge in [-0.3, -0.25) is 4.79 Å². The zero-order valence-corrected chi connectivity index (χ0v) is 16.9. The Bertz CT molecular complexity index is 1170. The van der Waals surface area contributed by atoms with Crippen LogP contribution >= 0.6 is 11.6 Å². The molecule has 1 fully saturated rings. The number of halogens is 4. The van der Waals surface area contributed by atoms with Crippen LogP contribution in [-0.4, -0.2) is 23.1 Å². The van der Waals surface area contributed by atoms with Gasteiger partial charge in [-0.15, -0.1) is 0 Å². The van der Waals surface area contributed by atoms with Gasteiger partial charge in [-0.1, -0.05) is 54.1 Å². The number of alkyl halides is 3. The molecule has 1 aliphatic heterocycles. The molecule has 10 heteroatoms. The first kappa shape index (κ1) is 21.9. The fraction of sp³-hybridized carbons (Fsp3) is 0.182. The number of nitrogens with one attached hydrogen (secondary N) is 2. The highest BCUT2D eigenvalue weighted by atomic mass is 35.5. The molecule has 1 aromatic heterocycles. The van der Waals surface area contributed by atoms with Gasteiger partial charge in [0.2, 0.25) is 5.78 Å². The number of amides is 2. The Morgan fingerprint density at radius 1 is 1.03 bits per heavy atom. The molecule has 4 rings (SSSR count). The quantitative estimate of drug-likeness (QED) is 0.528. The summed E-state index contributed by atoms with van der Waals surface area (Å²) in [5.41, 5.74) is -2.25. The number of aliphatic hydroxyl groups is 1. The predicted octanol–water partition coefficient (Wildman–Crippen LogP) is 4.55. The number of carbonyl (C=O) groups excluding carboxylic acids is 2. The minimum absolute atomic E-state index is 0.0830. The smallest absolute Gasteiger partial charge is 0.450 e. The summed E-state index contributed by atoms with van der Waals surface area (Å²) in [7, 11) is 0. The zero-order valence-electron chi connectivity index (χ0n) is 16.2. The van der Waals surface area contributed by atoms with Crippen LogP contribution in [0.4, 0.5) is 18.0 Å². The summed E-state index contributed by atoms with van der Waals surface area (Å²) in [5.74, 6) is -4.32. The molecule has 2 heterocycles. The molecule has 0 radical (unpaired) electrons. The third-order valence-electron chi connectivity index (χ3n) is 5.22. The summed E-state index contributed by atoms with van der Waals surface area (Å²) >= 11 is 6.16. The van der Waals surface area contributed by atoms with E-state index in [0.29, 0.717) is 10.6 Å². The van der Waals surface area contributed by atoms with Crippen molar-refractivity contribution >= 4 is 23.4 Å². The van der Waals surface area contributed by atoms with E-state index < -0.39 is 35.7 Å². The number of benzene rings is 2. The van der Waals surface area contributed by atoms with E-state index in [0.717, 1.165) is 0 Å². The maximum atomic E-state index is 13.6. The summed E-state index contributed by atoms with van der Waals surface area (Å²) in [4.78, 5) is 24.8. The van der Waals surface area contributed by atoms with Crippen molar-refractivity contribution in [3.63, 3.8) is 0 Å². The van der Waals surface area contributed by atoms with Gasteiger partial charge in [0, 0.05) is 11.1 Å². The molecule has 2 aromatic carbocycles. The van der Waals surface area contributed by atoms with Crippen molar-refractivity contribution in [2.45, 2.75) is 17.9 Å². The summed E-state index contributed by atoms with van der Waals surface area (Å²) < 4.78 is 46.4. The monoisotopic (exact) mass is 464 g/mol. The third-order valence-corrected chi connectivity index (χ3v) is 5.55. The molecule has 0 spiro atoms. The summed E-state index contributed by atoms with van der Waals surface area (Å²) in [6.07, 6.45) is -5.28. The first-order valence-electron chi connectivity index (χ1n) is 9.43. The van der Waals surface area contributed by atoms with E-state index in [1.165, 1.54) is 36.4 Å². The lowest BCUT2D eigenvalue weighted by atomic mass is 9.77. The predicted molar refractivity (Wildman–Crippen MR) is 108 cm³/mol. The molecule has 1 saturated heterocycles. The highest BCUT2D eigenvalue weighted by Gasteiger charge is 2.60. The molecule has 0 unspecified atom stereocenters. The Hall–Kier alpha value is -3.30. The number of furan rings is 1. The molecule has 6 nitrogen and oxygen atoms in total. The molecular formula is C22H16ClF3N2O4. The Morgan fingerprint density at radius 3 is 2.34 bits per heavy atom. The minimum Gasteiger partial charge on any atom is -0.459 e. The molecular weight excluding hydrogens is 449 g/mol. The number of Topliss-reactive ketones (excluding diaryl/α,β-unsaturated/α-hetero) is 1. The van der Waals surface area contributed by atoms with E-state index >= 15 is 0 Å². The highest BCUT2D eigenvalue weighted by molar-refractivity contribution is 6.33. The molecule has 0 saturated carbocycles. The van der Waals surface area contributed by atoms with Crippen molar-refractivity contribution in [2.24, 2.45) is 5.92 Å². The van der Waals surface area contributed by atoms with Crippen molar-refractivity contribution in [3.05, 3.63) is 83.1 Å². The fourth-order valence-corrected chi connectivity index (χ4v) is 4.00. The van der Waals surface area contributed by atoms with Gasteiger partial charge in [0.15, 0.2) is 5.72 Å². The van der Waals surface area contributed by atoms with Crippen LogP contribution in [-0.2, 0) is 10.5 Å². The van der Waals surface area contributed by atoms with Crippen LogP contribution in [0.2, 0.25) is 5.02 Å². The van der Waals surface area contributed by atoms with Crippen molar-refractivity contribution in [1.29, 1.82) is 0 Å². The third kappa shape index (κ3) is 3.85. The molecule has 1 aliphatic rings. The SMILES string of the molecule is O=C1N[C@H](c2ccc(-c3ccccc3Cl)o2)[C@H](C(=O)C(F)(F)F)[C@](O)(c2ccccc2)N1. The van der Waals surface area contributed by atoms with Crippen molar-refractivity contribution in [2.75, 3.05) is 0 Å². The van der Waals surface area contributed by atoms with Crippen LogP contribution in [0.25, 0.3) is 11.3 Å². The van der Waals surface area contributed by atoms with Crippen LogP contribution in [0.5, 0.6) is 0 Å². The van der Waals surface area contributed by atoms with E-state index in [1.54, 1.807) is 30.3 Å². The van der Waals surface area contributed by atoms with Crippen molar-refractivity contribution in [3.8, 4) is 11.3 Å². The van der Waals surface area contributed by atoms with E-state index in [4.69, 9.17) is 16.0 Å². The normalized spacial score (nSPS) is 23.3. The Kier molecular flexibility index (Phi) is 5.47. The second-order valence-corrected chi connectivity index (χ2v) is 7.64. The molecule has 3 aromatic rings. The average Bonchev–Trinajstić information content (AvgIpc) is 3.23. The number of rotatable bonds is 4. The standard InChI is InChI=1S/C22H16ClF3N2O4/c23-14-9-5-4-8-13(14)15-10-11-16(32-15)18-17(19(29)22(24,25)26)21(31,28-20(30)27-18)12-6-2-1-3-7-12/h1-11,17-18,31H,(H2,27,28,30)/t17-,18-,21-/m1/s1. The topological polar surface area (TPSA) is 91.6 Å². The van der Waals surface area contributed by atoms with Gasteiger partial charge in [0.05, 0.1) is 5.02 Å². The largest absolute Gasteiger partial charge is 0.459 e. The Morgan fingerprint density at radius 2 is 1.69 bits per heavy atom. The first-order chi connectivity index (χ1) is 15.1. The Labute approximate surface area is 185 Å². The maximum Gasteiger partial charge on any atom is 0.450 e. The summed E-state index contributed by atoms with van der Waals surface area (Å²) in [6, 6.07) is 14.0. The molecule has 3 N–H and O–H groups in total. The molecule has 166 valence electrons. The van der Waals surface area contributed by atoms with Crippen LogP contribution in [0.15, 0.2) is 71.1 Å². The maximum absolute atomic E-state index is 13.6. The van der Waals surface area contributed by atoms with Crippen LogP contribution in [0, 0.1) is 5.92 Å². The molecule has 2 amide bonds. The second-order valence-electron chi connectivity index (χ2n) is 7.23. The molecule has 0 bridgehead atoms. The van der Waals surface area contributed by atoms with Gasteiger partial charge in [0.25, 0.3) is 0 Å². The molecule has 32 heavy (non-hydrogen) atoms. The number of hydrogen-bond acceptors (Lipinski definition) is 4. The van der Waals surface area contributed by atoms with Gasteiger partial charge >= 0.3 is 12.2 Å². The minimum atomic E-state index is -5.28. The van der Waals surface area contributed by atoms with E-state index in [-0.39, 0.29) is 17.1 Å². The second kappa shape index (κ2) is 7.99. The van der Waals surface area contributed by atoms with Gasteiger partial charge in [0.1, 0.15) is 23.5 Å². The lowest BCUT2D eigenvalue weighted by molar-refractivity contribution is -0.190. The number of hydrogen-bond donors (Lipinski definition) is 3. The lowest BCUT2D eigenvalue weighted by Crippen LogP contribution is -2.66.